The molecule has 3 aromatic rings. The second-order valence-electron chi connectivity index (χ2n) is 6.35. The van der Waals surface area contributed by atoms with Gasteiger partial charge in [-0.15, -0.1) is 11.3 Å². The summed E-state index contributed by atoms with van der Waals surface area (Å²) in [6.45, 7) is 3.91. The Balaban J connectivity index is 1.55. The van der Waals surface area contributed by atoms with E-state index in [0.717, 1.165) is 30.7 Å². The lowest BCUT2D eigenvalue weighted by atomic mass is 10.2. The molecule has 2 heterocycles. The van der Waals surface area contributed by atoms with Crippen LogP contribution in [-0.4, -0.2) is 24.1 Å². The first-order valence-electron chi connectivity index (χ1n) is 9.65. The summed E-state index contributed by atoms with van der Waals surface area (Å²) in [5.41, 5.74) is 6.85. The van der Waals surface area contributed by atoms with Crippen LogP contribution in [0, 0.1) is 0 Å². The van der Waals surface area contributed by atoms with E-state index in [4.69, 9.17) is 15.2 Å². The van der Waals surface area contributed by atoms with Gasteiger partial charge in [-0.2, -0.15) is 0 Å². The fraction of sp³-hybridized carbons (Fsp3) is 0.273. The highest BCUT2D eigenvalue weighted by Crippen LogP contribution is 2.25. The fourth-order valence-electron chi connectivity index (χ4n) is 2.57. The molecule has 0 aliphatic rings. The first-order chi connectivity index (χ1) is 14.2. The molecular weight excluding hydrogens is 384 g/mol. The van der Waals surface area contributed by atoms with Gasteiger partial charge in [-0.25, -0.2) is 9.98 Å². The molecule has 0 saturated carbocycles. The highest BCUT2D eigenvalue weighted by Gasteiger charge is 2.07. The van der Waals surface area contributed by atoms with Crippen LogP contribution in [0.1, 0.15) is 23.8 Å². The molecule has 0 spiro atoms. The van der Waals surface area contributed by atoms with Gasteiger partial charge in [-0.05, 0) is 54.6 Å². The molecule has 0 radical (unpaired) electrons. The molecule has 0 unspecified atom stereocenters. The molecular formula is C22H26N4O2S. The number of benzene rings is 1. The van der Waals surface area contributed by atoms with Gasteiger partial charge in [0.25, 0.3) is 0 Å². The summed E-state index contributed by atoms with van der Waals surface area (Å²) in [5, 5.41) is 5.21. The number of hydrogen-bond donors (Lipinski definition) is 2. The Bertz CT molecular complexity index is 895. The van der Waals surface area contributed by atoms with Gasteiger partial charge >= 0.3 is 0 Å². The molecule has 152 valence electrons. The average Bonchev–Trinajstić information content (AvgIpc) is 3.26. The summed E-state index contributed by atoms with van der Waals surface area (Å²) in [4.78, 5) is 10.1. The predicted octanol–water partition coefficient (Wildman–Crippen LogP) is 4.37. The Morgan fingerprint density at radius 1 is 1.14 bits per heavy atom. The average molecular weight is 411 g/mol. The zero-order valence-corrected chi connectivity index (χ0v) is 17.3. The van der Waals surface area contributed by atoms with E-state index >= 15 is 0 Å². The summed E-state index contributed by atoms with van der Waals surface area (Å²) < 4.78 is 11.5. The lowest BCUT2D eigenvalue weighted by molar-refractivity contribution is 0.317. The molecule has 2 aromatic heterocycles. The minimum atomic E-state index is 0.388. The Morgan fingerprint density at radius 3 is 2.72 bits per heavy atom. The number of guanidine groups is 1. The molecule has 0 atom stereocenters. The first kappa shape index (κ1) is 20.7. The normalized spacial score (nSPS) is 11.3. The smallest absolute Gasteiger partial charge is 0.224 e. The highest BCUT2D eigenvalue weighted by atomic mass is 32.1. The predicted molar refractivity (Wildman–Crippen MR) is 118 cm³/mol. The van der Waals surface area contributed by atoms with Gasteiger partial charge < -0.3 is 20.5 Å². The lowest BCUT2D eigenvalue weighted by Crippen LogP contribution is -2.33. The quantitative estimate of drug-likeness (QED) is 0.383. The van der Waals surface area contributed by atoms with Crippen molar-refractivity contribution >= 4 is 17.3 Å². The van der Waals surface area contributed by atoms with Gasteiger partial charge in [-0.3, -0.25) is 0 Å². The van der Waals surface area contributed by atoms with E-state index < -0.39 is 0 Å². The third-order valence-corrected chi connectivity index (χ3v) is 4.97. The molecule has 0 bridgehead atoms. The van der Waals surface area contributed by atoms with Crippen molar-refractivity contribution in [2.45, 2.75) is 26.3 Å². The van der Waals surface area contributed by atoms with Crippen molar-refractivity contribution in [2.24, 2.45) is 10.7 Å². The molecule has 6 nitrogen and oxygen atoms in total. The van der Waals surface area contributed by atoms with E-state index in [2.05, 4.69) is 33.7 Å². The monoisotopic (exact) mass is 410 g/mol. The van der Waals surface area contributed by atoms with Gasteiger partial charge in [0, 0.05) is 23.2 Å². The van der Waals surface area contributed by atoms with Crippen molar-refractivity contribution in [2.75, 3.05) is 13.2 Å². The summed E-state index contributed by atoms with van der Waals surface area (Å²) in [6, 6.07) is 15.5. The second-order valence-corrected chi connectivity index (χ2v) is 7.38. The standard InChI is InChI=1S/C22H26N4O2S/c1-2-14-27-18-7-9-19(10-8-18)28-21-17(5-3-12-24-21)16-26-22(23)25-13-11-20-6-4-15-29-20/h3-10,12,15H,2,11,13-14,16H2,1H3,(H3,23,25,26). The molecule has 0 aliphatic carbocycles. The molecule has 0 fully saturated rings. The second kappa shape index (κ2) is 11.1. The number of ether oxygens (including phenoxy) is 2. The zero-order valence-electron chi connectivity index (χ0n) is 16.5. The Hall–Kier alpha value is -3.06. The van der Waals surface area contributed by atoms with Crippen molar-refractivity contribution < 1.29 is 9.47 Å². The van der Waals surface area contributed by atoms with Crippen molar-refractivity contribution in [1.82, 2.24) is 10.3 Å². The summed E-state index contributed by atoms with van der Waals surface area (Å²) >= 11 is 1.74. The van der Waals surface area contributed by atoms with E-state index in [9.17, 15) is 0 Å². The number of rotatable bonds is 10. The van der Waals surface area contributed by atoms with Crippen LogP contribution < -0.4 is 20.5 Å². The van der Waals surface area contributed by atoms with Gasteiger partial charge in [0.05, 0.1) is 13.2 Å². The summed E-state index contributed by atoms with van der Waals surface area (Å²) in [7, 11) is 0. The van der Waals surface area contributed by atoms with Crippen molar-refractivity contribution in [3.63, 3.8) is 0 Å². The molecule has 0 aliphatic heterocycles. The molecule has 0 amide bonds. The zero-order chi connectivity index (χ0) is 20.3. The van der Waals surface area contributed by atoms with Crippen LogP contribution in [0.5, 0.6) is 17.4 Å². The van der Waals surface area contributed by atoms with Crippen LogP contribution in [0.4, 0.5) is 0 Å². The highest BCUT2D eigenvalue weighted by molar-refractivity contribution is 7.09. The van der Waals surface area contributed by atoms with Crippen molar-refractivity contribution in [3.05, 3.63) is 70.5 Å². The number of nitrogens with two attached hydrogens (primary N) is 1. The molecule has 7 heteroatoms. The van der Waals surface area contributed by atoms with Crippen LogP contribution in [0.25, 0.3) is 0 Å². The maximum absolute atomic E-state index is 5.99. The van der Waals surface area contributed by atoms with Crippen LogP contribution >= 0.6 is 11.3 Å². The Labute approximate surface area is 175 Å². The molecule has 29 heavy (non-hydrogen) atoms. The van der Waals surface area contributed by atoms with Gasteiger partial charge in [-0.1, -0.05) is 19.1 Å². The maximum atomic E-state index is 5.99. The Morgan fingerprint density at radius 2 is 1.97 bits per heavy atom. The number of aromatic nitrogens is 1. The van der Waals surface area contributed by atoms with Crippen molar-refractivity contribution in [3.8, 4) is 17.4 Å². The Kier molecular flexibility index (Phi) is 7.89. The maximum Gasteiger partial charge on any atom is 0.224 e. The minimum Gasteiger partial charge on any atom is -0.494 e. The largest absolute Gasteiger partial charge is 0.494 e. The fourth-order valence-corrected chi connectivity index (χ4v) is 3.28. The molecule has 0 saturated heterocycles. The van der Waals surface area contributed by atoms with E-state index in [1.165, 1.54) is 4.88 Å². The van der Waals surface area contributed by atoms with E-state index in [-0.39, 0.29) is 0 Å². The summed E-state index contributed by atoms with van der Waals surface area (Å²) in [6.07, 6.45) is 3.60. The van der Waals surface area contributed by atoms with Crippen LogP contribution in [0.15, 0.2) is 65.1 Å². The number of aliphatic imine (C=N–C) groups is 1. The number of nitrogens with one attached hydrogen (secondary N) is 1. The SMILES string of the molecule is CCCOc1ccc(Oc2ncccc2CN=C(N)NCCc2cccs2)cc1. The van der Waals surface area contributed by atoms with Gasteiger partial charge in [0.15, 0.2) is 5.96 Å². The van der Waals surface area contributed by atoms with Crippen LogP contribution in [-0.2, 0) is 13.0 Å². The number of thiophene rings is 1. The van der Waals surface area contributed by atoms with E-state index in [1.807, 2.05) is 42.5 Å². The third kappa shape index (κ3) is 6.80. The molecule has 1 aromatic carbocycles. The minimum absolute atomic E-state index is 0.388. The van der Waals surface area contributed by atoms with E-state index in [1.54, 1.807) is 17.5 Å². The third-order valence-electron chi connectivity index (χ3n) is 4.04. The van der Waals surface area contributed by atoms with Gasteiger partial charge in [0.2, 0.25) is 5.88 Å². The first-order valence-corrected chi connectivity index (χ1v) is 10.5. The molecule has 3 rings (SSSR count). The lowest BCUT2D eigenvalue weighted by Gasteiger charge is -2.10. The number of hydrogen-bond acceptors (Lipinski definition) is 5. The van der Waals surface area contributed by atoms with Crippen molar-refractivity contribution in [1.29, 1.82) is 0 Å². The summed E-state index contributed by atoms with van der Waals surface area (Å²) in [5.74, 6) is 2.45. The topological polar surface area (TPSA) is 81.8 Å². The van der Waals surface area contributed by atoms with E-state index in [0.29, 0.717) is 30.7 Å². The van der Waals surface area contributed by atoms with Crippen LogP contribution in [0.2, 0.25) is 0 Å². The molecule has 3 N–H and O–H groups in total. The number of nitrogens with zero attached hydrogens (tertiary/aromatic N) is 2. The number of pyridine rings is 1. The van der Waals surface area contributed by atoms with Gasteiger partial charge in [0.1, 0.15) is 11.5 Å². The van der Waals surface area contributed by atoms with Crippen LogP contribution in [0.3, 0.4) is 0 Å².